The summed E-state index contributed by atoms with van der Waals surface area (Å²) in [4.78, 5) is 3.78. The first-order valence-electron chi connectivity index (χ1n) is 10.7. The number of H-pyrrole nitrogens is 1. The van der Waals surface area contributed by atoms with E-state index in [4.69, 9.17) is 0 Å². The van der Waals surface area contributed by atoms with E-state index >= 15 is 0 Å². The largest absolute Gasteiger partial charge is 0.508 e. The fraction of sp³-hybridized carbons (Fsp3) is 0.462. The molecule has 0 saturated heterocycles. The number of phenolic OH excluding ortho intramolecular Hbond substituents is 1. The molecule has 2 aromatic carbocycles. The Morgan fingerprint density at radius 3 is 2.54 bits per heavy atom. The van der Waals surface area contributed by atoms with Gasteiger partial charge in [0, 0.05) is 27.4 Å². The maximum absolute atomic E-state index is 10.6. The van der Waals surface area contributed by atoms with Crippen LogP contribution in [0.4, 0.5) is 0 Å². The Bertz CT molecular complexity index is 1090. The zero-order valence-corrected chi connectivity index (χ0v) is 17.7. The fourth-order valence-corrected chi connectivity index (χ4v) is 6.75. The number of para-hydroxylation sites is 1. The molecule has 0 bridgehead atoms. The normalized spacial score (nSPS) is 25.4. The lowest BCUT2D eigenvalue weighted by Gasteiger charge is -2.54. The van der Waals surface area contributed by atoms with Gasteiger partial charge in [0.2, 0.25) is 0 Å². The van der Waals surface area contributed by atoms with E-state index < -0.39 is 0 Å². The monoisotopic (exact) mass is 373 g/mol. The quantitative estimate of drug-likeness (QED) is 0.512. The predicted molar refractivity (Wildman–Crippen MR) is 116 cm³/mol. The Kier molecular flexibility index (Phi) is 3.60. The summed E-state index contributed by atoms with van der Waals surface area (Å²) < 4.78 is 0. The lowest BCUT2D eigenvalue weighted by Crippen LogP contribution is -2.51. The molecule has 2 nitrogen and oxygen atoms in total. The second-order valence-electron chi connectivity index (χ2n) is 10.1. The van der Waals surface area contributed by atoms with Crippen molar-refractivity contribution in [1.29, 1.82) is 0 Å². The van der Waals surface area contributed by atoms with Gasteiger partial charge in [-0.15, -0.1) is 0 Å². The summed E-state index contributed by atoms with van der Waals surface area (Å²) in [5.41, 5.74) is 8.41. The Morgan fingerprint density at radius 1 is 1.04 bits per heavy atom. The molecule has 1 unspecified atom stereocenters. The van der Waals surface area contributed by atoms with Crippen LogP contribution in [0.2, 0.25) is 0 Å². The van der Waals surface area contributed by atoms with Crippen LogP contribution in [0, 0.1) is 5.92 Å². The number of nitrogens with one attached hydrogen (secondary N) is 1. The first-order valence-corrected chi connectivity index (χ1v) is 10.7. The van der Waals surface area contributed by atoms with Gasteiger partial charge in [-0.25, -0.2) is 0 Å². The summed E-state index contributed by atoms with van der Waals surface area (Å²) in [6, 6.07) is 12.9. The third kappa shape index (κ3) is 2.15. The molecule has 0 spiro atoms. The molecule has 28 heavy (non-hydrogen) atoms. The van der Waals surface area contributed by atoms with Gasteiger partial charge in [-0.1, -0.05) is 58.9 Å². The maximum atomic E-state index is 10.6. The predicted octanol–water partition coefficient (Wildman–Crippen LogP) is 6.35. The van der Waals surface area contributed by atoms with E-state index in [1.54, 1.807) is 0 Å². The molecule has 0 saturated carbocycles. The van der Waals surface area contributed by atoms with Crippen LogP contribution in [-0.2, 0) is 23.7 Å². The molecule has 1 aromatic heterocycles. The lowest BCUT2D eigenvalue weighted by atomic mass is 9.49. The number of benzene rings is 2. The number of phenols is 1. The topological polar surface area (TPSA) is 36.0 Å². The van der Waals surface area contributed by atoms with Crippen molar-refractivity contribution in [3.8, 4) is 5.75 Å². The van der Waals surface area contributed by atoms with Crippen LogP contribution in [0.25, 0.3) is 10.9 Å². The summed E-state index contributed by atoms with van der Waals surface area (Å²) in [5, 5.41) is 12.0. The number of aromatic hydroxyl groups is 1. The molecule has 0 aliphatic heterocycles. The van der Waals surface area contributed by atoms with Crippen molar-refractivity contribution < 1.29 is 5.11 Å². The van der Waals surface area contributed by atoms with Crippen LogP contribution in [-0.4, -0.2) is 10.1 Å². The van der Waals surface area contributed by atoms with Gasteiger partial charge in [0.25, 0.3) is 0 Å². The minimum absolute atomic E-state index is 0.0897. The van der Waals surface area contributed by atoms with Gasteiger partial charge >= 0.3 is 0 Å². The summed E-state index contributed by atoms with van der Waals surface area (Å²) >= 11 is 0. The van der Waals surface area contributed by atoms with Crippen molar-refractivity contribution in [2.45, 2.75) is 70.6 Å². The second kappa shape index (κ2) is 5.65. The molecule has 3 aromatic rings. The Balaban J connectivity index is 1.78. The standard InChI is InChI=1S/C26H31NO/c1-15(2)23-17-10-13-22-25(3,4)24-18(16-8-6-7-9-20(16)27-24)14-26(22,5)19(17)11-12-21(23)28/h6-9,11-12,15,22,27-28H,10,13-14H2,1-5H3/t22?,26-/m1/s1. The summed E-state index contributed by atoms with van der Waals surface area (Å²) in [5.74, 6) is 1.40. The zero-order valence-electron chi connectivity index (χ0n) is 17.7. The Hall–Kier alpha value is -2.22. The van der Waals surface area contributed by atoms with Crippen molar-refractivity contribution in [3.63, 3.8) is 0 Å². The van der Waals surface area contributed by atoms with Crippen LogP contribution in [0.3, 0.4) is 0 Å². The summed E-state index contributed by atoms with van der Waals surface area (Å²) in [7, 11) is 0. The molecule has 2 aliphatic rings. The number of fused-ring (bicyclic) bond motifs is 6. The van der Waals surface area contributed by atoms with Gasteiger partial charge in [-0.2, -0.15) is 0 Å². The molecule has 5 rings (SSSR count). The highest BCUT2D eigenvalue weighted by atomic mass is 16.3. The average Bonchev–Trinajstić information content (AvgIpc) is 3.00. The maximum Gasteiger partial charge on any atom is 0.119 e. The van der Waals surface area contributed by atoms with E-state index in [0.717, 1.165) is 12.8 Å². The smallest absolute Gasteiger partial charge is 0.119 e. The van der Waals surface area contributed by atoms with Crippen LogP contribution in [0.5, 0.6) is 5.75 Å². The molecule has 0 amide bonds. The third-order valence-electron chi connectivity index (χ3n) is 7.85. The van der Waals surface area contributed by atoms with E-state index in [1.165, 1.54) is 45.3 Å². The molecule has 1 heterocycles. The average molecular weight is 374 g/mol. The van der Waals surface area contributed by atoms with Crippen molar-refractivity contribution in [2.24, 2.45) is 5.92 Å². The molecular weight excluding hydrogens is 342 g/mol. The van der Waals surface area contributed by atoms with Gasteiger partial charge in [0.1, 0.15) is 5.75 Å². The number of hydrogen-bond donors (Lipinski definition) is 2. The highest BCUT2D eigenvalue weighted by Gasteiger charge is 2.53. The van der Waals surface area contributed by atoms with Crippen molar-refractivity contribution in [2.75, 3.05) is 0 Å². The van der Waals surface area contributed by atoms with Gasteiger partial charge in [-0.3, -0.25) is 0 Å². The van der Waals surface area contributed by atoms with E-state index in [9.17, 15) is 5.11 Å². The van der Waals surface area contributed by atoms with Crippen LogP contribution in [0.15, 0.2) is 36.4 Å². The van der Waals surface area contributed by atoms with Crippen molar-refractivity contribution in [1.82, 2.24) is 4.98 Å². The van der Waals surface area contributed by atoms with E-state index in [2.05, 4.69) is 69.9 Å². The summed E-state index contributed by atoms with van der Waals surface area (Å²) in [6.45, 7) is 11.7. The zero-order chi connectivity index (χ0) is 19.8. The molecule has 0 fully saturated rings. The van der Waals surface area contributed by atoms with Gasteiger partial charge in [0.05, 0.1) is 0 Å². The molecular formula is C26H31NO. The number of hydrogen-bond acceptors (Lipinski definition) is 1. The van der Waals surface area contributed by atoms with Gasteiger partial charge < -0.3 is 10.1 Å². The highest BCUT2D eigenvalue weighted by Crippen LogP contribution is 2.58. The van der Waals surface area contributed by atoms with Crippen LogP contribution in [0.1, 0.15) is 74.9 Å². The van der Waals surface area contributed by atoms with E-state index in [-0.39, 0.29) is 10.8 Å². The Morgan fingerprint density at radius 2 is 1.79 bits per heavy atom. The summed E-state index contributed by atoms with van der Waals surface area (Å²) in [6.07, 6.45) is 3.31. The molecule has 146 valence electrons. The molecule has 2 heteroatoms. The van der Waals surface area contributed by atoms with Gasteiger partial charge in [-0.05, 0) is 65.5 Å². The second-order valence-corrected chi connectivity index (χ2v) is 10.1. The van der Waals surface area contributed by atoms with Crippen LogP contribution < -0.4 is 0 Å². The number of aromatic amines is 1. The number of rotatable bonds is 1. The molecule has 2 atom stereocenters. The lowest BCUT2D eigenvalue weighted by molar-refractivity contribution is 0.137. The highest BCUT2D eigenvalue weighted by molar-refractivity contribution is 5.86. The molecule has 0 radical (unpaired) electrons. The molecule has 2 N–H and O–H groups in total. The fourth-order valence-electron chi connectivity index (χ4n) is 6.75. The Labute approximate surface area is 168 Å². The first kappa shape index (κ1) is 17.8. The van der Waals surface area contributed by atoms with Gasteiger partial charge in [0.15, 0.2) is 0 Å². The minimum Gasteiger partial charge on any atom is -0.508 e. The van der Waals surface area contributed by atoms with E-state index in [0.29, 0.717) is 17.6 Å². The van der Waals surface area contributed by atoms with Crippen molar-refractivity contribution >= 4 is 10.9 Å². The molecule has 2 aliphatic carbocycles. The van der Waals surface area contributed by atoms with E-state index in [1.807, 2.05) is 6.07 Å². The number of aromatic nitrogens is 1. The first-order chi connectivity index (χ1) is 13.2. The van der Waals surface area contributed by atoms with Crippen LogP contribution >= 0.6 is 0 Å². The van der Waals surface area contributed by atoms with Crippen molar-refractivity contribution in [3.05, 3.63) is 64.3 Å². The minimum atomic E-state index is 0.0897. The SMILES string of the molecule is CC(C)c1c(O)ccc2c1CCC1C(C)(C)c3[nH]c4ccccc4c3C[C@]21C. The third-order valence-corrected chi connectivity index (χ3v) is 7.85.